The van der Waals surface area contributed by atoms with Crippen LogP contribution in [0.2, 0.25) is 5.02 Å². The van der Waals surface area contributed by atoms with Gasteiger partial charge in [0, 0.05) is 22.9 Å². The summed E-state index contributed by atoms with van der Waals surface area (Å²) in [5, 5.41) is 11.0. The average molecular weight is 363 g/mol. The normalized spacial score (nSPS) is 10.6. The molecular weight excluding hydrogens is 350 g/mol. The number of halogens is 2. The maximum Gasteiger partial charge on any atom is 0.0650 e. The molecule has 0 atom stereocenters. The molecule has 0 fully saturated rings. The molecule has 5 heteroatoms. The minimum Gasteiger partial charge on any atom is -0.381 e. The summed E-state index contributed by atoms with van der Waals surface area (Å²) in [5.74, 6) is 0. The molecule has 0 aliphatic heterocycles. The van der Waals surface area contributed by atoms with E-state index in [-0.39, 0.29) is 0 Å². The van der Waals surface area contributed by atoms with Gasteiger partial charge in [-0.1, -0.05) is 29.8 Å². The van der Waals surface area contributed by atoms with Crippen molar-refractivity contribution in [1.82, 2.24) is 10.2 Å². The van der Waals surface area contributed by atoms with E-state index < -0.39 is 0 Å². The molecule has 2 aromatic carbocycles. The molecule has 21 heavy (non-hydrogen) atoms. The van der Waals surface area contributed by atoms with Crippen molar-refractivity contribution in [3.63, 3.8) is 0 Å². The lowest BCUT2D eigenvalue weighted by Crippen LogP contribution is -1.99. The number of aromatic amines is 1. The molecule has 0 aliphatic rings. The van der Waals surface area contributed by atoms with Crippen molar-refractivity contribution in [3.05, 3.63) is 69.8 Å². The van der Waals surface area contributed by atoms with Crippen molar-refractivity contribution < 1.29 is 0 Å². The van der Waals surface area contributed by atoms with Crippen molar-refractivity contribution in [1.29, 1.82) is 0 Å². The Morgan fingerprint density at radius 3 is 2.57 bits per heavy atom. The van der Waals surface area contributed by atoms with Gasteiger partial charge in [-0.2, -0.15) is 5.10 Å². The van der Waals surface area contributed by atoms with Crippen molar-refractivity contribution in [3.8, 4) is 11.3 Å². The Morgan fingerprint density at radius 1 is 1.10 bits per heavy atom. The molecule has 3 nitrogen and oxygen atoms in total. The van der Waals surface area contributed by atoms with Crippen LogP contribution in [0.3, 0.4) is 0 Å². The molecule has 3 aromatic rings. The molecule has 1 heterocycles. The fourth-order valence-corrected chi connectivity index (χ4v) is 2.58. The van der Waals surface area contributed by atoms with E-state index in [1.165, 1.54) is 5.56 Å². The van der Waals surface area contributed by atoms with Crippen LogP contribution < -0.4 is 5.32 Å². The molecule has 2 N–H and O–H groups in total. The Kier molecular flexibility index (Phi) is 4.27. The summed E-state index contributed by atoms with van der Waals surface area (Å²) in [4.78, 5) is 0. The van der Waals surface area contributed by atoms with E-state index in [2.05, 4.69) is 55.7 Å². The zero-order valence-corrected chi connectivity index (χ0v) is 13.4. The Labute approximate surface area is 136 Å². The molecule has 0 aliphatic carbocycles. The summed E-state index contributed by atoms with van der Waals surface area (Å²) in [5.41, 5.74) is 4.38. The molecule has 1 aromatic heterocycles. The minimum absolute atomic E-state index is 0.725. The Morgan fingerprint density at radius 2 is 1.90 bits per heavy atom. The number of nitrogens with zero attached hydrogens (tertiary/aromatic N) is 1. The topological polar surface area (TPSA) is 40.7 Å². The number of nitrogens with one attached hydrogen (secondary N) is 2. The summed E-state index contributed by atoms with van der Waals surface area (Å²) in [6, 6.07) is 16.1. The van der Waals surface area contributed by atoms with Gasteiger partial charge >= 0.3 is 0 Å². The fraction of sp³-hybridized carbons (Fsp3) is 0.0625. The van der Waals surface area contributed by atoms with Gasteiger partial charge < -0.3 is 5.32 Å². The molecule has 0 saturated carbocycles. The molecule has 0 saturated heterocycles. The van der Waals surface area contributed by atoms with Crippen molar-refractivity contribution >= 4 is 33.2 Å². The highest BCUT2D eigenvalue weighted by Crippen LogP contribution is 2.24. The summed E-state index contributed by atoms with van der Waals surface area (Å²) in [6.07, 6.45) is 1.75. The van der Waals surface area contributed by atoms with E-state index in [1.807, 2.05) is 24.3 Å². The number of H-pyrrole nitrogens is 1. The highest BCUT2D eigenvalue weighted by Gasteiger charge is 2.01. The number of anilines is 1. The lowest BCUT2D eigenvalue weighted by molar-refractivity contribution is 1.09. The molecule has 0 radical (unpaired) electrons. The monoisotopic (exact) mass is 361 g/mol. The first-order valence-corrected chi connectivity index (χ1v) is 7.67. The molecule has 0 spiro atoms. The first-order chi connectivity index (χ1) is 10.2. The molecule has 0 bridgehead atoms. The predicted molar refractivity (Wildman–Crippen MR) is 90.5 cm³/mol. The molecule has 106 valence electrons. The van der Waals surface area contributed by atoms with E-state index >= 15 is 0 Å². The largest absolute Gasteiger partial charge is 0.381 e. The van der Waals surface area contributed by atoms with Gasteiger partial charge in [0.25, 0.3) is 0 Å². The second-order valence-electron chi connectivity index (χ2n) is 4.65. The summed E-state index contributed by atoms with van der Waals surface area (Å²) >= 11 is 9.42. The summed E-state index contributed by atoms with van der Waals surface area (Å²) < 4.78 is 0.915. The van der Waals surface area contributed by atoms with Gasteiger partial charge in [-0.15, -0.1) is 0 Å². The second kappa shape index (κ2) is 6.33. The van der Waals surface area contributed by atoms with Gasteiger partial charge in [-0.05, 0) is 57.4 Å². The zero-order valence-electron chi connectivity index (χ0n) is 11.1. The standard InChI is InChI=1S/C16H13BrClN3/c17-14-9-11(1-6-15(14)18)10-19-13-4-2-12(3-5-13)16-7-8-20-21-16/h1-9,19H,10H2,(H,20,21). The summed E-state index contributed by atoms with van der Waals surface area (Å²) in [6.45, 7) is 0.749. The first-order valence-electron chi connectivity index (χ1n) is 6.50. The van der Waals surface area contributed by atoms with Crippen LogP contribution in [0.25, 0.3) is 11.3 Å². The van der Waals surface area contributed by atoms with Crippen molar-refractivity contribution in [2.45, 2.75) is 6.54 Å². The molecule has 0 unspecified atom stereocenters. The smallest absolute Gasteiger partial charge is 0.0650 e. The van der Waals surface area contributed by atoms with Crippen LogP contribution in [0.4, 0.5) is 5.69 Å². The van der Waals surface area contributed by atoms with Gasteiger partial charge in [-0.3, -0.25) is 5.10 Å². The molecular formula is C16H13BrClN3. The number of hydrogen-bond acceptors (Lipinski definition) is 2. The Bertz CT molecular complexity index is 724. The Hall–Kier alpha value is -1.78. The van der Waals surface area contributed by atoms with Crippen LogP contribution in [0.15, 0.2) is 59.2 Å². The minimum atomic E-state index is 0.725. The SMILES string of the molecule is Clc1ccc(CNc2ccc(-c3ccn[nH]3)cc2)cc1Br. The Balaban J connectivity index is 1.66. The maximum absolute atomic E-state index is 5.99. The number of benzene rings is 2. The van der Waals surface area contributed by atoms with Crippen molar-refractivity contribution in [2.75, 3.05) is 5.32 Å². The van der Waals surface area contributed by atoms with Crippen LogP contribution in [0, 0.1) is 0 Å². The van der Waals surface area contributed by atoms with E-state index in [0.717, 1.165) is 33.0 Å². The van der Waals surface area contributed by atoms with Crippen LogP contribution in [-0.4, -0.2) is 10.2 Å². The lowest BCUT2D eigenvalue weighted by Gasteiger charge is -2.08. The maximum atomic E-state index is 5.99. The lowest BCUT2D eigenvalue weighted by atomic mass is 10.1. The molecule has 0 amide bonds. The fourth-order valence-electron chi connectivity index (χ4n) is 2.04. The summed E-state index contributed by atoms with van der Waals surface area (Å²) in [7, 11) is 0. The van der Waals surface area contributed by atoms with Crippen LogP contribution in [0.1, 0.15) is 5.56 Å². The van der Waals surface area contributed by atoms with Gasteiger partial charge in [0.2, 0.25) is 0 Å². The third-order valence-corrected chi connectivity index (χ3v) is 4.39. The van der Waals surface area contributed by atoms with Gasteiger partial charge in [-0.25, -0.2) is 0 Å². The van der Waals surface area contributed by atoms with Crippen molar-refractivity contribution in [2.24, 2.45) is 0 Å². The van der Waals surface area contributed by atoms with E-state index in [4.69, 9.17) is 11.6 Å². The van der Waals surface area contributed by atoms with Gasteiger partial charge in [0.15, 0.2) is 0 Å². The number of rotatable bonds is 4. The third kappa shape index (κ3) is 3.46. The quantitative estimate of drug-likeness (QED) is 0.677. The average Bonchev–Trinajstić information content (AvgIpc) is 3.03. The predicted octanol–water partition coefficient (Wildman–Crippen LogP) is 5.10. The first kappa shape index (κ1) is 14.2. The van der Waals surface area contributed by atoms with Gasteiger partial charge in [0.1, 0.15) is 0 Å². The van der Waals surface area contributed by atoms with E-state index in [9.17, 15) is 0 Å². The van der Waals surface area contributed by atoms with E-state index in [0.29, 0.717) is 0 Å². The van der Waals surface area contributed by atoms with Gasteiger partial charge in [0.05, 0.1) is 10.7 Å². The van der Waals surface area contributed by atoms with Crippen LogP contribution >= 0.6 is 27.5 Å². The van der Waals surface area contributed by atoms with Crippen LogP contribution in [-0.2, 0) is 6.54 Å². The van der Waals surface area contributed by atoms with E-state index in [1.54, 1.807) is 6.20 Å². The second-order valence-corrected chi connectivity index (χ2v) is 5.91. The highest BCUT2D eigenvalue weighted by atomic mass is 79.9. The molecule has 3 rings (SSSR count). The number of aromatic nitrogens is 2. The third-order valence-electron chi connectivity index (χ3n) is 3.18. The number of hydrogen-bond donors (Lipinski definition) is 2. The van der Waals surface area contributed by atoms with Crippen LogP contribution in [0.5, 0.6) is 0 Å². The zero-order chi connectivity index (χ0) is 14.7. The highest BCUT2D eigenvalue weighted by molar-refractivity contribution is 9.10.